The number of aromatic nitrogens is 5. The maximum atomic E-state index is 15.1. The Morgan fingerprint density at radius 3 is 2.90 bits per heavy atom. The van der Waals surface area contributed by atoms with Crippen LogP contribution in [0.25, 0.3) is 22.6 Å². The number of aromatic amines is 1. The molecule has 0 aliphatic rings. The third kappa shape index (κ3) is 3.55. The molecule has 0 spiro atoms. The normalized spacial score (nSPS) is 11.8. The first-order chi connectivity index (χ1) is 14.3. The van der Waals surface area contributed by atoms with E-state index in [-0.39, 0.29) is 52.8 Å². The lowest BCUT2D eigenvalue weighted by molar-refractivity contribution is 0.0991. The molecule has 0 unspecified atom stereocenters. The van der Waals surface area contributed by atoms with Gasteiger partial charge in [-0.3, -0.25) is 14.9 Å². The van der Waals surface area contributed by atoms with Gasteiger partial charge in [-0.25, -0.2) is 9.37 Å². The summed E-state index contributed by atoms with van der Waals surface area (Å²) in [6, 6.07) is 1.95. The van der Waals surface area contributed by atoms with Gasteiger partial charge in [-0.1, -0.05) is 0 Å². The molecule has 11 nitrogen and oxygen atoms in total. The van der Waals surface area contributed by atoms with Gasteiger partial charge >= 0.3 is 0 Å². The third-order valence-corrected chi connectivity index (χ3v) is 4.20. The van der Waals surface area contributed by atoms with E-state index in [1.165, 1.54) is 23.7 Å². The number of hydrogen-bond donors (Lipinski definition) is 5. The first kappa shape index (κ1) is 20.5. The van der Waals surface area contributed by atoms with Crippen LogP contribution in [0.15, 0.2) is 18.2 Å². The van der Waals surface area contributed by atoms with Gasteiger partial charge in [0.1, 0.15) is 11.4 Å². The number of aliphatic hydroxyl groups is 1. The van der Waals surface area contributed by atoms with E-state index < -0.39 is 17.5 Å². The summed E-state index contributed by atoms with van der Waals surface area (Å²) in [6.07, 6.45) is 2.98. The molecule has 0 atom stereocenters. The molecule has 3 rings (SSSR count). The number of aryl methyl sites for hydroxylation is 1. The van der Waals surface area contributed by atoms with E-state index in [2.05, 4.69) is 25.5 Å². The Hall–Kier alpha value is -4.27. The molecule has 0 aliphatic heterocycles. The zero-order valence-corrected chi connectivity index (χ0v) is 16.1. The van der Waals surface area contributed by atoms with Crippen molar-refractivity contribution in [3.8, 4) is 17.5 Å². The van der Waals surface area contributed by atoms with Crippen LogP contribution in [0.4, 0.5) is 4.39 Å². The lowest BCUT2D eigenvalue weighted by Crippen LogP contribution is -2.18. The van der Waals surface area contributed by atoms with E-state index in [0.717, 1.165) is 0 Å². The number of nitrogens with zero attached hydrogens (tertiary/aromatic N) is 5. The highest BCUT2D eigenvalue weighted by molar-refractivity contribution is 6.00. The van der Waals surface area contributed by atoms with Crippen LogP contribution in [0.1, 0.15) is 35.4 Å². The fourth-order valence-corrected chi connectivity index (χ4v) is 2.86. The summed E-state index contributed by atoms with van der Waals surface area (Å²) < 4.78 is 16.4. The number of halogens is 1. The maximum absolute atomic E-state index is 15.1. The van der Waals surface area contributed by atoms with Crippen molar-refractivity contribution in [2.45, 2.75) is 20.3 Å². The van der Waals surface area contributed by atoms with Crippen LogP contribution in [-0.4, -0.2) is 47.8 Å². The zero-order valence-electron chi connectivity index (χ0n) is 16.1. The summed E-state index contributed by atoms with van der Waals surface area (Å²) in [6.45, 7) is 3.22. The average molecular weight is 411 g/mol. The predicted octanol–water partition coefficient (Wildman–Crippen LogP) is 1.44. The van der Waals surface area contributed by atoms with E-state index in [1.807, 2.05) is 6.07 Å². The number of allylic oxidation sites excluding steroid dienone is 1. The van der Waals surface area contributed by atoms with Gasteiger partial charge in [0.15, 0.2) is 17.4 Å². The molecule has 30 heavy (non-hydrogen) atoms. The summed E-state index contributed by atoms with van der Waals surface area (Å²) in [5.41, 5.74) is 5.56. The molecule has 1 amide bonds. The van der Waals surface area contributed by atoms with Crippen molar-refractivity contribution in [3.63, 3.8) is 0 Å². The maximum Gasteiger partial charge on any atom is 0.268 e. The van der Waals surface area contributed by atoms with Crippen molar-refractivity contribution in [1.82, 2.24) is 29.9 Å². The minimum Gasteiger partial charge on any atom is -0.504 e. The van der Waals surface area contributed by atoms with Gasteiger partial charge in [0, 0.05) is 12.7 Å². The Morgan fingerprint density at radius 1 is 1.53 bits per heavy atom. The Kier molecular flexibility index (Phi) is 5.45. The summed E-state index contributed by atoms with van der Waals surface area (Å²) in [4.78, 5) is 20.1. The summed E-state index contributed by atoms with van der Waals surface area (Å²) in [5.74, 6) is -2.36. The zero-order chi connectivity index (χ0) is 22.0. The minimum atomic E-state index is -0.963. The van der Waals surface area contributed by atoms with E-state index in [1.54, 1.807) is 6.92 Å². The van der Waals surface area contributed by atoms with E-state index >= 15 is 4.39 Å². The number of nitriles is 1. The van der Waals surface area contributed by atoms with E-state index in [0.29, 0.717) is 5.69 Å². The summed E-state index contributed by atoms with van der Waals surface area (Å²) in [7, 11) is 0. The van der Waals surface area contributed by atoms with Crippen LogP contribution in [0, 0.1) is 29.5 Å². The fraction of sp³-hybridized carbons (Fsp3) is 0.222. The molecule has 0 radical (unpaired) electrons. The van der Waals surface area contributed by atoms with Gasteiger partial charge in [0.05, 0.1) is 41.2 Å². The van der Waals surface area contributed by atoms with E-state index in [9.17, 15) is 9.90 Å². The molecule has 6 N–H and O–H groups in total. The Bertz CT molecular complexity index is 1230. The number of aliphatic hydroxyl groups excluding tert-OH is 1. The smallest absolute Gasteiger partial charge is 0.268 e. The van der Waals surface area contributed by atoms with Gasteiger partial charge < -0.3 is 26.0 Å². The lowest BCUT2D eigenvalue weighted by atomic mass is 10.2. The van der Waals surface area contributed by atoms with Crippen LogP contribution < -0.4 is 11.1 Å². The number of carbonyl (C=O) groups is 1. The molecule has 0 fully saturated rings. The molecule has 12 heteroatoms. The first-order valence-electron chi connectivity index (χ1n) is 8.75. The topological polar surface area (TPSA) is 182 Å². The molecule has 0 aromatic carbocycles. The average Bonchev–Trinajstić information content (AvgIpc) is 3.26. The second-order valence-electron chi connectivity index (χ2n) is 6.38. The lowest BCUT2D eigenvalue weighted by Gasteiger charge is -2.08. The van der Waals surface area contributed by atoms with Gasteiger partial charge in [-0.2, -0.15) is 10.4 Å². The van der Waals surface area contributed by atoms with E-state index in [4.69, 9.17) is 16.4 Å². The largest absolute Gasteiger partial charge is 0.504 e. The molecule has 3 aromatic heterocycles. The molecule has 0 aliphatic carbocycles. The predicted molar refractivity (Wildman–Crippen MR) is 105 cm³/mol. The van der Waals surface area contributed by atoms with Crippen LogP contribution in [0.2, 0.25) is 0 Å². The van der Waals surface area contributed by atoms with Crippen molar-refractivity contribution in [2.75, 3.05) is 6.54 Å². The molecular formula is C18H18FN9O2. The summed E-state index contributed by atoms with van der Waals surface area (Å²) in [5, 5.41) is 35.9. The number of fused-ring (bicyclic) bond motifs is 1. The number of primary amides is 1. The van der Waals surface area contributed by atoms with Gasteiger partial charge in [0.2, 0.25) is 5.82 Å². The van der Waals surface area contributed by atoms with Crippen LogP contribution in [-0.2, 0) is 0 Å². The third-order valence-electron chi connectivity index (χ3n) is 4.20. The monoisotopic (exact) mass is 411 g/mol. The quantitative estimate of drug-likeness (QED) is 0.221. The van der Waals surface area contributed by atoms with Gasteiger partial charge in [-0.05, 0) is 13.8 Å². The number of amides is 1. The van der Waals surface area contributed by atoms with Crippen LogP contribution >= 0.6 is 0 Å². The molecule has 154 valence electrons. The fourth-order valence-electron chi connectivity index (χ4n) is 2.86. The number of nitrogens with two attached hydrogens (primary N) is 1. The first-order valence-corrected chi connectivity index (χ1v) is 8.75. The van der Waals surface area contributed by atoms with Gasteiger partial charge in [-0.15, -0.1) is 0 Å². The molecule has 3 heterocycles. The van der Waals surface area contributed by atoms with Crippen molar-refractivity contribution in [2.24, 2.45) is 5.73 Å². The summed E-state index contributed by atoms with van der Waals surface area (Å²) >= 11 is 0. The number of hydrogen-bond acceptors (Lipinski definition) is 8. The SMILES string of the molecule is CC(=N)/C(O)=C(\NCCC#N)c1n[nH]c(-c2c(F)c(C(N)=O)n3cc(C)ncc23)n1. The number of nitrogens with one attached hydrogen (secondary N) is 3. The van der Waals surface area contributed by atoms with Crippen molar-refractivity contribution >= 4 is 22.8 Å². The standard InChI is InChI=1S/C18H18FN9O2/c1-8-7-28-10(6-24-8)11(12(19)14(28)16(22)30)17-25-18(27-26-17)13(15(29)9(2)21)23-5-3-4-20/h6-7,21,23,29H,3,5H2,1-2H3,(H2,22,30)(H,25,26,27)/b15-13+,21-9?. The number of H-pyrrole nitrogens is 1. The molecular weight excluding hydrogens is 393 g/mol. The second-order valence-corrected chi connectivity index (χ2v) is 6.38. The van der Waals surface area contributed by atoms with Crippen LogP contribution in [0.3, 0.4) is 0 Å². The Labute approximate surface area is 169 Å². The van der Waals surface area contributed by atoms with Crippen LogP contribution in [0.5, 0.6) is 0 Å². The molecule has 0 bridgehead atoms. The Balaban J connectivity index is 2.16. The molecule has 0 saturated heterocycles. The van der Waals surface area contributed by atoms with Crippen molar-refractivity contribution in [1.29, 1.82) is 10.7 Å². The number of carbonyl (C=O) groups excluding carboxylic acids is 1. The molecule has 0 saturated carbocycles. The highest BCUT2D eigenvalue weighted by Crippen LogP contribution is 2.30. The van der Waals surface area contributed by atoms with Gasteiger partial charge in [0.25, 0.3) is 5.91 Å². The molecule has 3 aromatic rings. The number of rotatable bonds is 7. The highest BCUT2D eigenvalue weighted by atomic mass is 19.1. The van der Waals surface area contributed by atoms with Crippen molar-refractivity contribution < 1.29 is 14.3 Å². The second kappa shape index (κ2) is 8.00. The highest BCUT2D eigenvalue weighted by Gasteiger charge is 2.26. The van der Waals surface area contributed by atoms with Crippen molar-refractivity contribution in [3.05, 3.63) is 41.2 Å². The minimum absolute atomic E-state index is 0.00765. The Morgan fingerprint density at radius 2 is 2.27 bits per heavy atom.